The summed E-state index contributed by atoms with van der Waals surface area (Å²) < 4.78 is 39.9. The molecule has 5 nitrogen and oxygen atoms in total. The van der Waals surface area contributed by atoms with Gasteiger partial charge in [-0.2, -0.15) is 0 Å². The molecular weight excluding hydrogens is 472 g/mol. The van der Waals surface area contributed by atoms with Crippen LogP contribution in [0, 0.1) is 5.82 Å². The summed E-state index contributed by atoms with van der Waals surface area (Å²) >= 11 is 12.6. The van der Waals surface area contributed by atoms with Gasteiger partial charge in [-0.15, -0.1) is 0 Å². The van der Waals surface area contributed by atoms with Crippen molar-refractivity contribution in [2.45, 2.75) is 17.7 Å². The lowest BCUT2D eigenvalue weighted by molar-refractivity contribution is 0.521. The minimum atomic E-state index is -3.50. The molecule has 4 aromatic rings. The average molecular weight is 492 g/mol. The second-order valence-corrected chi connectivity index (χ2v) is 10.6. The second-order valence-electron chi connectivity index (χ2n) is 7.65. The van der Waals surface area contributed by atoms with Crippen molar-refractivity contribution in [1.29, 1.82) is 0 Å². The lowest BCUT2D eigenvalue weighted by atomic mass is 9.92. The van der Waals surface area contributed by atoms with Crippen molar-refractivity contribution in [3.05, 3.63) is 81.8 Å². The number of benzene rings is 2. The Bertz CT molecular complexity index is 1420. The molecule has 0 amide bonds. The van der Waals surface area contributed by atoms with Crippen LogP contribution in [0.15, 0.2) is 59.8 Å². The summed E-state index contributed by atoms with van der Waals surface area (Å²) in [6.45, 7) is 1.91. The predicted octanol–water partition coefficient (Wildman–Crippen LogP) is 6.08. The summed E-state index contributed by atoms with van der Waals surface area (Å²) in [4.78, 5) is 7.85. The Balaban J connectivity index is 1.77. The van der Waals surface area contributed by atoms with Crippen LogP contribution in [0.4, 0.5) is 4.39 Å². The van der Waals surface area contributed by atoms with Crippen LogP contribution in [0.3, 0.4) is 0 Å². The van der Waals surface area contributed by atoms with E-state index in [0.29, 0.717) is 16.2 Å². The van der Waals surface area contributed by atoms with E-state index in [2.05, 4.69) is 9.97 Å². The molecule has 166 valence electrons. The Morgan fingerprint density at radius 1 is 1.06 bits per heavy atom. The van der Waals surface area contributed by atoms with Gasteiger partial charge in [0.25, 0.3) is 0 Å². The number of H-pyrrole nitrogens is 1. The summed E-state index contributed by atoms with van der Waals surface area (Å²) in [6.07, 6.45) is 3.53. The fraction of sp³-hybridized carbons (Fsp3) is 0.174. The zero-order chi connectivity index (χ0) is 23.2. The number of hydrogen-bond donors (Lipinski definition) is 1. The van der Waals surface area contributed by atoms with Crippen molar-refractivity contribution in [3.63, 3.8) is 0 Å². The van der Waals surface area contributed by atoms with Crippen LogP contribution >= 0.6 is 23.2 Å². The first-order chi connectivity index (χ1) is 15.1. The minimum Gasteiger partial charge on any atom is -0.346 e. The summed E-state index contributed by atoms with van der Waals surface area (Å²) in [6, 6.07) is 11.3. The molecule has 9 heteroatoms. The van der Waals surface area contributed by atoms with Gasteiger partial charge in [0.1, 0.15) is 11.5 Å². The molecule has 0 aliphatic carbocycles. The maximum absolute atomic E-state index is 14.1. The molecule has 0 fully saturated rings. The van der Waals surface area contributed by atoms with Gasteiger partial charge in [-0.1, -0.05) is 42.3 Å². The van der Waals surface area contributed by atoms with Crippen LogP contribution in [0.25, 0.3) is 22.2 Å². The number of aromatic nitrogens is 2. The van der Waals surface area contributed by atoms with Crippen LogP contribution in [0.5, 0.6) is 0 Å². The highest BCUT2D eigenvalue weighted by atomic mass is 35.5. The van der Waals surface area contributed by atoms with E-state index in [1.54, 1.807) is 30.5 Å². The Labute approximate surface area is 195 Å². The zero-order valence-corrected chi connectivity index (χ0v) is 19.9. The van der Waals surface area contributed by atoms with E-state index in [1.165, 1.54) is 30.5 Å². The summed E-state index contributed by atoms with van der Waals surface area (Å²) in [7, 11) is -0.519. The molecule has 2 aromatic carbocycles. The molecule has 0 bridgehead atoms. The SMILES string of the molecule is CC(c1c(Cl)ccc(F)c1Cl)c1c[nH]c2ncc(-c3ccc(S(=O)(=O)N(C)C)cc3)cc12. The molecule has 2 aromatic heterocycles. The maximum Gasteiger partial charge on any atom is 0.242 e. The van der Waals surface area contributed by atoms with Gasteiger partial charge < -0.3 is 4.98 Å². The molecule has 1 unspecified atom stereocenters. The minimum absolute atomic E-state index is 0.00107. The molecule has 0 saturated heterocycles. The fourth-order valence-electron chi connectivity index (χ4n) is 3.67. The van der Waals surface area contributed by atoms with E-state index in [0.717, 1.165) is 22.1 Å². The lowest BCUT2D eigenvalue weighted by Crippen LogP contribution is -2.22. The van der Waals surface area contributed by atoms with Gasteiger partial charge in [0.15, 0.2) is 0 Å². The topological polar surface area (TPSA) is 66.1 Å². The van der Waals surface area contributed by atoms with Gasteiger partial charge >= 0.3 is 0 Å². The molecule has 32 heavy (non-hydrogen) atoms. The first-order valence-electron chi connectivity index (χ1n) is 9.74. The van der Waals surface area contributed by atoms with Crippen LogP contribution in [-0.4, -0.2) is 36.8 Å². The van der Waals surface area contributed by atoms with Crippen LogP contribution in [-0.2, 0) is 10.0 Å². The molecule has 1 atom stereocenters. The van der Waals surface area contributed by atoms with Crippen LogP contribution in [0.2, 0.25) is 10.0 Å². The molecule has 0 aliphatic rings. The van der Waals surface area contributed by atoms with E-state index < -0.39 is 15.8 Å². The van der Waals surface area contributed by atoms with Gasteiger partial charge in [-0.05, 0) is 47.0 Å². The van der Waals surface area contributed by atoms with E-state index in [9.17, 15) is 12.8 Å². The van der Waals surface area contributed by atoms with Gasteiger partial charge in [-0.3, -0.25) is 0 Å². The Kier molecular flexibility index (Phi) is 6.02. The molecule has 0 aliphatic heterocycles. The fourth-order valence-corrected chi connectivity index (χ4v) is 5.26. The predicted molar refractivity (Wildman–Crippen MR) is 126 cm³/mol. The Morgan fingerprint density at radius 3 is 2.41 bits per heavy atom. The van der Waals surface area contributed by atoms with Gasteiger partial charge in [0.2, 0.25) is 10.0 Å². The van der Waals surface area contributed by atoms with Gasteiger partial charge in [-0.25, -0.2) is 22.1 Å². The number of hydrogen-bond acceptors (Lipinski definition) is 3. The summed E-state index contributed by atoms with van der Waals surface area (Å²) in [5.41, 5.74) is 3.69. The first-order valence-corrected chi connectivity index (χ1v) is 11.9. The number of rotatable bonds is 5. The molecule has 1 N–H and O–H groups in total. The third-order valence-corrected chi connectivity index (χ3v) is 8.05. The van der Waals surface area contributed by atoms with Crippen molar-refractivity contribution in [2.24, 2.45) is 0 Å². The number of aromatic amines is 1. The van der Waals surface area contributed by atoms with E-state index in [1.807, 2.05) is 19.2 Å². The Hall–Kier alpha value is -2.45. The quantitative estimate of drug-likeness (QED) is 0.344. The van der Waals surface area contributed by atoms with Crippen LogP contribution < -0.4 is 0 Å². The first kappa shape index (κ1) is 22.7. The number of nitrogens with one attached hydrogen (secondary N) is 1. The third kappa shape index (κ3) is 3.90. The number of fused-ring (bicyclic) bond motifs is 1. The molecule has 0 saturated carbocycles. The van der Waals surface area contributed by atoms with E-state index in [4.69, 9.17) is 23.2 Å². The lowest BCUT2D eigenvalue weighted by Gasteiger charge is -2.16. The van der Waals surface area contributed by atoms with Gasteiger partial charge in [0.05, 0.1) is 9.92 Å². The van der Waals surface area contributed by atoms with E-state index >= 15 is 0 Å². The highest BCUT2D eigenvalue weighted by molar-refractivity contribution is 7.89. The molecule has 4 rings (SSSR count). The number of pyridine rings is 1. The average Bonchev–Trinajstić information content (AvgIpc) is 3.19. The molecule has 0 spiro atoms. The highest BCUT2D eigenvalue weighted by Gasteiger charge is 2.22. The molecular formula is C23H20Cl2FN3O2S. The third-order valence-electron chi connectivity index (χ3n) is 5.51. The summed E-state index contributed by atoms with van der Waals surface area (Å²) in [5, 5.41) is 1.23. The van der Waals surface area contributed by atoms with Crippen molar-refractivity contribution < 1.29 is 12.8 Å². The van der Waals surface area contributed by atoms with Crippen molar-refractivity contribution in [3.8, 4) is 11.1 Å². The normalized spacial score (nSPS) is 13.1. The van der Waals surface area contributed by atoms with Crippen molar-refractivity contribution in [1.82, 2.24) is 14.3 Å². The Morgan fingerprint density at radius 2 is 1.75 bits per heavy atom. The molecule has 0 radical (unpaired) electrons. The van der Waals surface area contributed by atoms with E-state index in [-0.39, 0.29) is 15.8 Å². The standard InChI is InChI=1S/C23H20Cl2FN3O2S/c1-13(21-19(24)8-9-20(26)22(21)25)18-12-28-23-17(18)10-15(11-27-23)14-4-6-16(7-5-14)32(30,31)29(2)3/h4-13H,1-3H3,(H,27,28). The van der Waals surface area contributed by atoms with Gasteiger partial charge in [0, 0.05) is 48.4 Å². The van der Waals surface area contributed by atoms with Crippen LogP contribution in [0.1, 0.15) is 24.0 Å². The number of sulfonamides is 1. The highest BCUT2D eigenvalue weighted by Crippen LogP contribution is 2.39. The number of halogens is 3. The zero-order valence-electron chi connectivity index (χ0n) is 17.5. The smallest absolute Gasteiger partial charge is 0.242 e. The maximum atomic E-state index is 14.1. The number of nitrogens with zero attached hydrogens (tertiary/aromatic N) is 2. The monoisotopic (exact) mass is 491 g/mol. The van der Waals surface area contributed by atoms with Crippen molar-refractivity contribution >= 4 is 44.3 Å². The van der Waals surface area contributed by atoms with Crippen molar-refractivity contribution in [2.75, 3.05) is 14.1 Å². The summed E-state index contributed by atoms with van der Waals surface area (Å²) in [5.74, 6) is -0.812. The largest absolute Gasteiger partial charge is 0.346 e. The molecule has 2 heterocycles. The second kappa shape index (κ2) is 8.48.